The normalized spacial score (nSPS) is 11.3. The lowest BCUT2D eigenvalue weighted by Crippen LogP contribution is -1.92. The van der Waals surface area contributed by atoms with Crippen molar-refractivity contribution in [2.45, 2.75) is 0 Å². The van der Waals surface area contributed by atoms with Gasteiger partial charge in [0.1, 0.15) is 0 Å². The summed E-state index contributed by atoms with van der Waals surface area (Å²) in [5.41, 5.74) is 1.56. The highest BCUT2D eigenvalue weighted by molar-refractivity contribution is 5.65. The lowest BCUT2D eigenvalue weighted by atomic mass is 10.2. The Balaban J connectivity index is 2.01. The Bertz CT molecular complexity index is 707. The van der Waals surface area contributed by atoms with Gasteiger partial charge in [0.25, 0.3) is 0 Å². The van der Waals surface area contributed by atoms with Gasteiger partial charge in [-0.2, -0.15) is 0 Å². The van der Waals surface area contributed by atoms with Gasteiger partial charge in [0.2, 0.25) is 0 Å². The number of furan rings is 1. The maximum atomic E-state index is 11.2. The van der Waals surface area contributed by atoms with E-state index in [1.165, 1.54) is 6.07 Å². The predicted molar refractivity (Wildman–Crippen MR) is 71.3 cm³/mol. The smallest absolute Gasteiger partial charge is 0.338 e. The van der Waals surface area contributed by atoms with Crippen molar-refractivity contribution in [3.63, 3.8) is 0 Å². The first-order chi connectivity index (χ1) is 8.83. The lowest BCUT2D eigenvalue weighted by Gasteiger charge is -2.04. The second-order valence-corrected chi connectivity index (χ2v) is 3.96. The molecule has 0 saturated carbocycles. The van der Waals surface area contributed by atoms with E-state index in [0.29, 0.717) is 5.76 Å². The predicted octanol–water partition coefficient (Wildman–Crippen LogP) is 3.17. The molecule has 18 heavy (non-hydrogen) atoms. The van der Waals surface area contributed by atoms with E-state index in [4.69, 9.17) is 4.42 Å². The van der Waals surface area contributed by atoms with Crippen LogP contribution in [0.3, 0.4) is 0 Å². The molecule has 88 valence electrons. The second kappa shape index (κ2) is 4.37. The van der Waals surface area contributed by atoms with Gasteiger partial charge in [0.15, 0.2) is 5.76 Å². The molecule has 2 aliphatic heterocycles. The van der Waals surface area contributed by atoms with E-state index in [2.05, 4.69) is 0 Å². The van der Waals surface area contributed by atoms with Crippen LogP contribution in [0.25, 0.3) is 23.7 Å². The average Bonchev–Trinajstić information content (AvgIpc) is 2.78. The van der Waals surface area contributed by atoms with Crippen molar-refractivity contribution >= 4 is 12.3 Å². The van der Waals surface area contributed by atoms with Crippen molar-refractivity contribution in [2.75, 3.05) is 0 Å². The summed E-state index contributed by atoms with van der Waals surface area (Å²) in [6.07, 6.45) is 5.78. The maximum Gasteiger partial charge on any atom is 0.338 e. The minimum absolute atomic E-state index is 0.321. The second-order valence-electron chi connectivity index (χ2n) is 3.96. The molecule has 3 rings (SSSR count). The molecule has 0 N–H and O–H groups in total. The lowest BCUT2D eigenvalue weighted by molar-refractivity contribution is 0.543. The van der Waals surface area contributed by atoms with E-state index in [0.717, 1.165) is 11.3 Å². The average molecular weight is 237 g/mol. The van der Waals surface area contributed by atoms with Gasteiger partial charge in [-0.25, -0.2) is 4.79 Å². The topological polar surface area (TPSA) is 35.1 Å². The van der Waals surface area contributed by atoms with Crippen LogP contribution < -0.4 is 5.63 Å². The molecule has 1 aromatic carbocycles. The summed E-state index contributed by atoms with van der Waals surface area (Å²) < 4.78 is 6.92. The summed E-state index contributed by atoms with van der Waals surface area (Å²) in [5.74, 6) is 0.597. The zero-order valence-corrected chi connectivity index (χ0v) is 9.61. The summed E-state index contributed by atoms with van der Waals surface area (Å²) in [4.78, 5) is 11.2. The van der Waals surface area contributed by atoms with Crippen molar-refractivity contribution in [3.8, 4) is 11.5 Å². The number of pyridine rings is 1. The summed E-state index contributed by atoms with van der Waals surface area (Å²) in [7, 11) is 0. The fourth-order valence-corrected chi connectivity index (χ4v) is 1.86. The molecule has 0 aliphatic carbocycles. The SMILES string of the molecule is O=c1cc2n(C=Cc3ccccc3)cccc-2o1. The third-order valence-corrected chi connectivity index (χ3v) is 2.72. The van der Waals surface area contributed by atoms with Crippen molar-refractivity contribution in [3.05, 3.63) is 70.7 Å². The number of benzene rings is 1. The van der Waals surface area contributed by atoms with Crippen LogP contribution in [0.1, 0.15) is 5.56 Å². The summed E-state index contributed by atoms with van der Waals surface area (Å²) in [6, 6.07) is 15.1. The third kappa shape index (κ3) is 1.98. The van der Waals surface area contributed by atoms with Crippen LogP contribution in [-0.2, 0) is 0 Å². The van der Waals surface area contributed by atoms with Crippen LogP contribution in [-0.4, -0.2) is 4.57 Å². The Labute approximate surface area is 104 Å². The first-order valence-corrected chi connectivity index (χ1v) is 5.67. The molecular weight excluding hydrogens is 226 g/mol. The van der Waals surface area contributed by atoms with Gasteiger partial charge in [0.05, 0.1) is 11.8 Å². The van der Waals surface area contributed by atoms with Crippen LogP contribution in [0.4, 0.5) is 0 Å². The number of aromatic nitrogens is 1. The fraction of sp³-hybridized carbons (Fsp3) is 0. The largest absolute Gasteiger partial charge is 0.421 e. The molecule has 0 unspecified atom stereocenters. The van der Waals surface area contributed by atoms with Crippen LogP contribution in [0.2, 0.25) is 0 Å². The molecule has 3 nitrogen and oxygen atoms in total. The molecule has 0 spiro atoms. The Morgan fingerprint density at radius 2 is 1.89 bits per heavy atom. The first kappa shape index (κ1) is 10.6. The third-order valence-electron chi connectivity index (χ3n) is 2.72. The van der Waals surface area contributed by atoms with Gasteiger partial charge >= 0.3 is 5.63 Å². The van der Waals surface area contributed by atoms with E-state index in [9.17, 15) is 4.79 Å². The molecule has 0 amide bonds. The Kier molecular flexibility index (Phi) is 2.57. The molecule has 2 aliphatic rings. The van der Waals surface area contributed by atoms with Crippen molar-refractivity contribution in [1.82, 2.24) is 4.57 Å². The minimum Gasteiger partial charge on any atom is -0.421 e. The molecule has 2 heterocycles. The van der Waals surface area contributed by atoms with E-state index >= 15 is 0 Å². The van der Waals surface area contributed by atoms with Gasteiger partial charge in [-0.1, -0.05) is 30.3 Å². The first-order valence-electron chi connectivity index (χ1n) is 5.67. The van der Waals surface area contributed by atoms with Gasteiger partial charge < -0.3 is 8.98 Å². The van der Waals surface area contributed by atoms with Gasteiger partial charge in [-0.15, -0.1) is 0 Å². The van der Waals surface area contributed by atoms with Gasteiger partial charge in [-0.05, 0) is 23.8 Å². The summed E-state index contributed by atoms with van der Waals surface area (Å²) in [6.45, 7) is 0. The quantitative estimate of drug-likeness (QED) is 0.686. The van der Waals surface area contributed by atoms with Gasteiger partial charge in [0, 0.05) is 12.4 Å². The molecule has 0 saturated heterocycles. The van der Waals surface area contributed by atoms with E-state index in [1.807, 2.05) is 59.4 Å². The maximum absolute atomic E-state index is 11.2. The molecular formula is C15H11NO2. The standard InChI is InChI=1S/C15H11NO2/c17-15-11-13-14(18-15)7-4-9-16(13)10-8-12-5-2-1-3-6-12/h1-11H. The van der Waals surface area contributed by atoms with Crippen molar-refractivity contribution < 1.29 is 4.42 Å². The van der Waals surface area contributed by atoms with E-state index in [-0.39, 0.29) is 5.63 Å². The number of rotatable bonds is 2. The van der Waals surface area contributed by atoms with Crippen LogP contribution in [0.5, 0.6) is 0 Å². The zero-order valence-electron chi connectivity index (χ0n) is 9.61. The monoisotopic (exact) mass is 237 g/mol. The highest BCUT2D eigenvalue weighted by atomic mass is 16.4. The van der Waals surface area contributed by atoms with Crippen LogP contribution in [0.15, 0.2) is 63.9 Å². The molecule has 0 atom stereocenters. The van der Waals surface area contributed by atoms with E-state index < -0.39 is 0 Å². The Morgan fingerprint density at radius 3 is 2.72 bits per heavy atom. The molecule has 0 radical (unpaired) electrons. The fourth-order valence-electron chi connectivity index (χ4n) is 1.86. The van der Waals surface area contributed by atoms with Crippen LogP contribution >= 0.6 is 0 Å². The molecule has 0 fully saturated rings. The Hall–Kier alpha value is -2.55. The number of hydrogen-bond acceptors (Lipinski definition) is 2. The minimum atomic E-state index is -0.321. The van der Waals surface area contributed by atoms with Crippen molar-refractivity contribution in [1.29, 1.82) is 0 Å². The van der Waals surface area contributed by atoms with E-state index in [1.54, 1.807) is 6.07 Å². The summed E-state index contributed by atoms with van der Waals surface area (Å²) in [5, 5.41) is 0. The van der Waals surface area contributed by atoms with Crippen LogP contribution in [0, 0.1) is 0 Å². The van der Waals surface area contributed by atoms with Crippen molar-refractivity contribution in [2.24, 2.45) is 0 Å². The summed E-state index contributed by atoms with van der Waals surface area (Å²) >= 11 is 0. The highest BCUT2D eigenvalue weighted by Gasteiger charge is 2.09. The zero-order chi connectivity index (χ0) is 12.4. The Morgan fingerprint density at radius 1 is 1.06 bits per heavy atom. The number of fused-ring (bicyclic) bond motifs is 1. The molecule has 0 bridgehead atoms. The number of nitrogens with zero attached hydrogens (tertiary/aromatic N) is 1. The molecule has 0 aromatic heterocycles. The molecule has 3 heteroatoms. The number of hydrogen-bond donors (Lipinski definition) is 0. The molecule has 1 aromatic rings. The van der Waals surface area contributed by atoms with Gasteiger partial charge in [-0.3, -0.25) is 0 Å². The highest BCUT2D eigenvalue weighted by Crippen LogP contribution is 2.20.